The summed E-state index contributed by atoms with van der Waals surface area (Å²) in [5.74, 6) is 1.26. The summed E-state index contributed by atoms with van der Waals surface area (Å²) in [7, 11) is 0. The van der Waals surface area contributed by atoms with E-state index in [9.17, 15) is 0 Å². The van der Waals surface area contributed by atoms with Crippen molar-refractivity contribution in [3.63, 3.8) is 0 Å². The first-order chi connectivity index (χ1) is 11.1. The van der Waals surface area contributed by atoms with Crippen LogP contribution >= 0.6 is 11.3 Å². The molecule has 3 heteroatoms. The van der Waals surface area contributed by atoms with Gasteiger partial charge in [-0.3, -0.25) is 0 Å². The molecular formula is C20H22N2S. The molecule has 3 aliphatic rings. The molecule has 2 aliphatic carbocycles. The van der Waals surface area contributed by atoms with Gasteiger partial charge in [0.2, 0.25) is 0 Å². The van der Waals surface area contributed by atoms with E-state index in [4.69, 9.17) is 10.2 Å². The second kappa shape index (κ2) is 4.32. The van der Waals surface area contributed by atoms with E-state index in [-0.39, 0.29) is 16.5 Å². The van der Waals surface area contributed by atoms with Crippen LogP contribution in [-0.2, 0) is 11.1 Å². The van der Waals surface area contributed by atoms with Gasteiger partial charge in [-0.25, -0.2) is 0 Å². The molecule has 0 amide bonds. The van der Waals surface area contributed by atoms with Gasteiger partial charge in [-0.05, 0) is 41.7 Å². The van der Waals surface area contributed by atoms with E-state index in [1.165, 1.54) is 29.7 Å². The van der Waals surface area contributed by atoms with Crippen molar-refractivity contribution in [2.75, 3.05) is 0 Å². The smallest absolute Gasteiger partial charge is 0.126 e. The molecule has 1 aliphatic heterocycles. The SMILES string of the molecule is CC1(C)[C@]2(c3cccs3)N=N[C@@]1(c1ccccc1)[C@H]1CCC[C@H]12. The van der Waals surface area contributed by atoms with Gasteiger partial charge in [0.15, 0.2) is 0 Å². The molecule has 0 unspecified atom stereocenters. The molecule has 2 saturated carbocycles. The summed E-state index contributed by atoms with van der Waals surface area (Å²) in [5.41, 5.74) is 1.10. The minimum atomic E-state index is -0.153. The molecule has 0 radical (unpaired) electrons. The summed E-state index contributed by atoms with van der Waals surface area (Å²) >= 11 is 1.86. The first kappa shape index (κ1) is 13.9. The number of fused-ring (bicyclic) bond motifs is 5. The Morgan fingerprint density at radius 2 is 1.61 bits per heavy atom. The lowest BCUT2D eigenvalue weighted by molar-refractivity contribution is 0.143. The van der Waals surface area contributed by atoms with Crippen LogP contribution in [-0.4, -0.2) is 0 Å². The summed E-state index contributed by atoms with van der Waals surface area (Å²) in [6.45, 7) is 4.83. The van der Waals surface area contributed by atoms with E-state index in [0.717, 1.165) is 0 Å². The normalized spacial score (nSPS) is 39.7. The highest BCUT2D eigenvalue weighted by atomic mass is 32.1. The van der Waals surface area contributed by atoms with Crippen LogP contribution in [0.1, 0.15) is 43.6 Å². The number of benzene rings is 1. The average molecular weight is 322 g/mol. The fourth-order valence-electron chi connectivity index (χ4n) is 6.09. The molecule has 2 nitrogen and oxygen atoms in total. The standard InChI is InChI=1S/C20H22N2S/c1-18(2)19(14-8-4-3-5-9-14)15-10-6-11-16(15)20(18,22-21-19)17-12-7-13-23-17/h3-5,7-9,12-13,15-16H,6,10-11H2,1-2H3/t15-,16+,19-,20-/m0/s1. The fraction of sp³-hybridized carbons (Fsp3) is 0.500. The van der Waals surface area contributed by atoms with Crippen molar-refractivity contribution < 1.29 is 0 Å². The van der Waals surface area contributed by atoms with Crippen LogP contribution in [0.25, 0.3) is 0 Å². The Balaban J connectivity index is 1.81. The van der Waals surface area contributed by atoms with E-state index >= 15 is 0 Å². The lowest BCUT2D eigenvalue weighted by atomic mass is 9.62. The molecule has 0 N–H and O–H groups in total. The highest BCUT2D eigenvalue weighted by Crippen LogP contribution is 2.77. The monoisotopic (exact) mass is 322 g/mol. The van der Waals surface area contributed by atoms with Crippen molar-refractivity contribution in [2.45, 2.75) is 44.2 Å². The van der Waals surface area contributed by atoms with Gasteiger partial charge in [0.1, 0.15) is 11.1 Å². The largest absolute Gasteiger partial charge is 0.181 e. The van der Waals surface area contributed by atoms with Crippen LogP contribution in [0.3, 0.4) is 0 Å². The first-order valence-corrected chi connectivity index (χ1v) is 9.56. The molecule has 1 aromatic carbocycles. The third-order valence-electron chi connectivity index (χ3n) is 6.97. The molecule has 0 spiro atoms. The summed E-state index contributed by atoms with van der Waals surface area (Å²) in [5, 5.41) is 12.3. The molecule has 1 aromatic heterocycles. The van der Waals surface area contributed by atoms with E-state index in [0.29, 0.717) is 11.8 Å². The third kappa shape index (κ3) is 1.34. The van der Waals surface area contributed by atoms with Gasteiger partial charge >= 0.3 is 0 Å². The highest BCUT2D eigenvalue weighted by molar-refractivity contribution is 7.10. The predicted molar refractivity (Wildman–Crippen MR) is 93.6 cm³/mol. The molecule has 23 heavy (non-hydrogen) atoms. The molecule has 118 valence electrons. The van der Waals surface area contributed by atoms with E-state index in [1.54, 1.807) is 0 Å². The van der Waals surface area contributed by atoms with E-state index in [1.807, 2.05) is 11.3 Å². The summed E-state index contributed by atoms with van der Waals surface area (Å²) in [6.07, 6.45) is 3.90. The van der Waals surface area contributed by atoms with Crippen LogP contribution in [0, 0.1) is 17.3 Å². The molecule has 2 fully saturated rings. The fourth-order valence-corrected chi connectivity index (χ4v) is 7.18. The van der Waals surface area contributed by atoms with Gasteiger partial charge in [0, 0.05) is 10.3 Å². The van der Waals surface area contributed by atoms with Gasteiger partial charge in [0.25, 0.3) is 0 Å². The van der Waals surface area contributed by atoms with Crippen LogP contribution in [0.4, 0.5) is 0 Å². The maximum Gasteiger partial charge on any atom is 0.126 e. The molecule has 5 rings (SSSR count). The van der Waals surface area contributed by atoms with Crippen LogP contribution in [0.2, 0.25) is 0 Å². The second-order valence-corrected chi connectivity index (χ2v) is 8.79. The molecular weight excluding hydrogens is 300 g/mol. The van der Waals surface area contributed by atoms with E-state index in [2.05, 4.69) is 61.7 Å². The molecule has 4 atom stereocenters. The van der Waals surface area contributed by atoms with Gasteiger partial charge in [-0.15, -0.1) is 11.3 Å². The lowest BCUT2D eigenvalue weighted by Gasteiger charge is -2.41. The molecule has 2 aromatic rings. The number of thiophene rings is 1. The number of hydrogen-bond donors (Lipinski definition) is 0. The number of rotatable bonds is 2. The molecule has 2 bridgehead atoms. The maximum absolute atomic E-state index is 5.06. The van der Waals surface area contributed by atoms with Gasteiger partial charge in [0.05, 0.1) is 0 Å². The van der Waals surface area contributed by atoms with Crippen LogP contribution in [0.15, 0.2) is 58.1 Å². The van der Waals surface area contributed by atoms with Crippen molar-refractivity contribution in [3.05, 3.63) is 58.3 Å². The van der Waals surface area contributed by atoms with Gasteiger partial charge in [-0.1, -0.05) is 56.7 Å². The van der Waals surface area contributed by atoms with Crippen molar-refractivity contribution >= 4 is 11.3 Å². The van der Waals surface area contributed by atoms with Crippen molar-refractivity contribution in [1.82, 2.24) is 0 Å². The van der Waals surface area contributed by atoms with Crippen LogP contribution in [0.5, 0.6) is 0 Å². The second-order valence-electron chi connectivity index (χ2n) is 7.84. The molecule has 2 heterocycles. The minimum Gasteiger partial charge on any atom is -0.181 e. The van der Waals surface area contributed by atoms with Crippen molar-refractivity contribution in [3.8, 4) is 0 Å². The maximum atomic E-state index is 5.06. The summed E-state index contributed by atoms with van der Waals surface area (Å²) in [4.78, 5) is 1.42. The first-order valence-electron chi connectivity index (χ1n) is 8.68. The Labute approximate surface area is 141 Å². The summed E-state index contributed by atoms with van der Waals surface area (Å²) < 4.78 is 0. The van der Waals surface area contributed by atoms with Crippen molar-refractivity contribution in [2.24, 2.45) is 27.5 Å². The number of nitrogens with zero attached hydrogens (tertiary/aromatic N) is 2. The lowest BCUT2D eigenvalue weighted by Crippen LogP contribution is -2.44. The van der Waals surface area contributed by atoms with Crippen LogP contribution < -0.4 is 0 Å². The van der Waals surface area contributed by atoms with E-state index < -0.39 is 0 Å². The number of hydrogen-bond acceptors (Lipinski definition) is 3. The van der Waals surface area contributed by atoms with Crippen molar-refractivity contribution in [1.29, 1.82) is 0 Å². The molecule has 0 saturated heterocycles. The third-order valence-corrected chi connectivity index (χ3v) is 7.97. The number of azo groups is 1. The minimum absolute atomic E-state index is 0.0158. The highest BCUT2D eigenvalue weighted by Gasteiger charge is 2.78. The van der Waals surface area contributed by atoms with Gasteiger partial charge in [-0.2, -0.15) is 10.2 Å². The zero-order chi connectivity index (χ0) is 15.7. The topological polar surface area (TPSA) is 24.7 Å². The zero-order valence-electron chi connectivity index (χ0n) is 13.7. The summed E-state index contributed by atoms with van der Waals surface area (Å²) in [6, 6.07) is 15.4. The Morgan fingerprint density at radius 1 is 0.913 bits per heavy atom. The Kier molecular flexibility index (Phi) is 2.62. The predicted octanol–water partition coefficient (Wildman–Crippen LogP) is 5.76. The van der Waals surface area contributed by atoms with Gasteiger partial charge < -0.3 is 0 Å². The Hall–Kier alpha value is -1.48. The Bertz CT molecular complexity index is 764. The average Bonchev–Trinajstić information content (AvgIpc) is 3.30. The zero-order valence-corrected chi connectivity index (χ0v) is 14.5. The Morgan fingerprint density at radius 3 is 2.30 bits per heavy atom. The quantitative estimate of drug-likeness (QED) is 0.671.